The van der Waals surface area contributed by atoms with Gasteiger partial charge in [0.05, 0.1) is 0 Å². The van der Waals surface area contributed by atoms with Crippen LogP contribution >= 0.6 is 0 Å². The van der Waals surface area contributed by atoms with Crippen LogP contribution in [0.15, 0.2) is 46.6 Å². The minimum atomic E-state index is 0.561. The number of likely N-dealkylation sites (N-methyl/N-ethyl adjacent to an activating group) is 1. The van der Waals surface area contributed by atoms with Crippen molar-refractivity contribution in [1.82, 2.24) is 4.90 Å². The van der Waals surface area contributed by atoms with Gasteiger partial charge in [-0.1, -0.05) is 70.1 Å². The van der Waals surface area contributed by atoms with Crippen molar-refractivity contribution in [3.63, 3.8) is 0 Å². The summed E-state index contributed by atoms with van der Waals surface area (Å²) < 4.78 is 0. The number of allylic oxidation sites excluding steroid dienone is 5. The molecule has 0 amide bonds. The zero-order chi connectivity index (χ0) is 18.4. The summed E-state index contributed by atoms with van der Waals surface area (Å²) in [4.78, 5) is 2.30. The third-order valence-corrected chi connectivity index (χ3v) is 5.16. The van der Waals surface area contributed by atoms with Gasteiger partial charge < -0.3 is 4.90 Å². The molecule has 0 N–H and O–H groups in total. The molecule has 0 aliphatic heterocycles. The second kappa shape index (κ2) is 9.42. The third kappa shape index (κ3) is 5.48. The van der Waals surface area contributed by atoms with Gasteiger partial charge >= 0.3 is 0 Å². The van der Waals surface area contributed by atoms with Crippen molar-refractivity contribution in [2.24, 2.45) is 17.8 Å². The lowest BCUT2D eigenvalue weighted by atomic mass is 9.78. The standard InChI is InChI=1S/C23H39N/c1-10-20-21(16(2)3)14-12-18(6)11-13-19(7)23(17(4)5)22(20)15-24(8)9/h10-11,16-17,19H,1,12-15H2,2-9H3/b18-11-,21-20+,23-22-. The van der Waals surface area contributed by atoms with Gasteiger partial charge in [0.25, 0.3) is 0 Å². The summed E-state index contributed by atoms with van der Waals surface area (Å²) in [7, 11) is 4.35. The summed E-state index contributed by atoms with van der Waals surface area (Å²) in [6, 6.07) is 0. The summed E-state index contributed by atoms with van der Waals surface area (Å²) in [5.41, 5.74) is 7.66. The van der Waals surface area contributed by atoms with Crippen molar-refractivity contribution in [3.8, 4) is 0 Å². The molecule has 136 valence electrons. The second-order valence-electron chi connectivity index (χ2n) is 8.31. The Morgan fingerprint density at radius 2 is 1.79 bits per heavy atom. The van der Waals surface area contributed by atoms with E-state index in [1.54, 1.807) is 11.1 Å². The Kier molecular flexibility index (Phi) is 8.22. The quantitative estimate of drug-likeness (QED) is 0.527. The Bertz CT molecular complexity index is 526. The molecule has 0 bridgehead atoms. The van der Waals surface area contributed by atoms with Crippen LogP contribution in [0.4, 0.5) is 0 Å². The topological polar surface area (TPSA) is 3.24 Å². The van der Waals surface area contributed by atoms with Gasteiger partial charge in [0.2, 0.25) is 0 Å². The van der Waals surface area contributed by atoms with Crippen LogP contribution < -0.4 is 0 Å². The highest BCUT2D eigenvalue weighted by Gasteiger charge is 2.22. The maximum atomic E-state index is 4.21. The van der Waals surface area contributed by atoms with Crippen molar-refractivity contribution >= 4 is 0 Å². The van der Waals surface area contributed by atoms with E-state index in [0.717, 1.165) is 19.4 Å². The molecule has 0 saturated heterocycles. The van der Waals surface area contributed by atoms with Crippen LogP contribution in [0.3, 0.4) is 0 Å². The molecule has 0 radical (unpaired) electrons. The summed E-state index contributed by atoms with van der Waals surface area (Å²) in [6.45, 7) is 19.2. The van der Waals surface area contributed by atoms with Crippen molar-refractivity contribution in [3.05, 3.63) is 46.6 Å². The molecule has 0 aromatic heterocycles. The minimum absolute atomic E-state index is 0.561. The fourth-order valence-electron chi connectivity index (χ4n) is 3.98. The van der Waals surface area contributed by atoms with E-state index in [9.17, 15) is 0 Å². The Morgan fingerprint density at radius 1 is 1.17 bits per heavy atom. The van der Waals surface area contributed by atoms with Gasteiger partial charge in [0.15, 0.2) is 0 Å². The molecule has 0 spiro atoms. The Morgan fingerprint density at radius 3 is 2.25 bits per heavy atom. The van der Waals surface area contributed by atoms with Gasteiger partial charge in [0.1, 0.15) is 0 Å². The zero-order valence-corrected chi connectivity index (χ0v) is 17.4. The van der Waals surface area contributed by atoms with E-state index in [2.05, 4.69) is 79.3 Å². The first-order valence-corrected chi connectivity index (χ1v) is 9.58. The van der Waals surface area contributed by atoms with Crippen LogP contribution in [-0.4, -0.2) is 25.5 Å². The highest BCUT2D eigenvalue weighted by atomic mass is 15.0. The van der Waals surface area contributed by atoms with Gasteiger partial charge in [-0.3, -0.25) is 0 Å². The molecule has 0 saturated carbocycles. The van der Waals surface area contributed by atoms with Crippen molar-refractivity contribution < 1.29 is 0 Å². The largest absolute Gasteiger partial charge is 0.305 e. The number of rotatable bonds is 5. The van der Waals surface area contributed by atoms with Gasteiger partial charge in [-0.2, -0.15) is 0 Å². The molecule has 1 unspecified atom stereocenters. The van der Waals surface area contributed by atoms with E-state index < -0.39 is 0 Å². The molecular weight excluding hydrogens is 290 g/mol. The summed E-state index contributed by atoms with van der Waals surface area (Å²) in [5, 5.41) is 0. The molecule has 1 rings (SSSR count). The van der Waals surface area contributed by atoms with Gasteiger partial charge in [0, 0.05) is 6.54 Å². The lowest BCUT2D eigenvalue weighted by Crippen LogP contribution is -2.22. The Hall–Kier alpha value is -1.08. The Labute approximate surface area is 151 Å². The van der Waals surface area contributed by atoms with Crippen LogP contribution in [0.25, 0.3) is 0 Å². The first-order valence-electron chi connectivity index (χ1n) is 9.58. The average Bonchev–Trinajstić information content (AvgIpc) is 2.47. The van der Waals surface area contributed by atoms with Crippen molar-refractivity contribution in [2.45, 2.75) is 60.8 Å². The van der Waals surface area contributed by atoms with Crippen LogP contribution in [-0.2, 0) is 0 Å². The van der Waals surface area contributed by atoms with Crippen LogP contribution in [0.5, 0.6) is 0 Å². The van der Waals surface area contributed by atoms with E-state index in [-0.39, 0.29) is 0 Å². The molecule has 1 nitrogen and oxygen atoms in total. The van der Waals surface area contributed by atoms with Crippen LogP contribution in [0.2, 0.25) is 0 Å². The first-order chi connectivity index (χ1) is 11.2. The van der Waals surface area contributed by atoms with E-state index in [1.807, 2.05) is 0 Å². The predicted molar refractivity (Wildman–Crippen MR) is 109 cm³/mol. The number of hydrogen-bond donors (Lipinski definition) is 0. The monoisotopic (exact) mass is 329 g/mol. The normalized spacial score (nSPS) is 29.1. The summed E-state index contributed by atoms with van der Waals surface area (Å²) in [6.07, 6.45) is 8.07. The highest BCUT2D eigenvalue weighted by molar-refractivity contribution is 5.48. The maximum Gasteiger partial charge on any atom is 0.0233 e. The first kappa shape index (κ1) is 21.0. The molecule has 0 heterocycles. The summed E-state index contributed by atoms with van der Waals surface area (Å²) in [5.74, 6) is 1.70. The third-order valence-electron chi connectivity index (χ3n) is 5.16. The minimum Gasteiger partial charge on any atom is -0.305 e. The Balaban J connectivity index is 3.71. The van der Waals surface area contributed by atoms with Crippen LogP contribution in [0.1, 0.15) is 60.8 Å². The predicted octanol–water partition coefficient (Wildman–Crippen LogP) is 6.41. The SMILES string of the molecule is C=CC1=C(\C(C)C)CC/C(C)=C\CC(C)/C(C(C)C)=C\1CN(C)C. The molecule has 24 heavy (non-hydrogen) atoms. The smallest absolute Gasteiger partial charge is 0.0233 e. The zero-order valence-electron chi connectivity index (χ0n) is 17.4. The summed E-state index contributed by atoms with van der Waals surface area (Å²) >= 11 is 0. The molecule has 0 aromatic carbocycles. The molecule has 0 fully saturated rings. The molecule has 1 aliphatic rings. The molecule has 0 aromatic rings. The molecule has 1 atom stereocenters. The molecule has 1 aliphatic carbocycles. The van der Waals surface area contributed by atoms with E-state index >= 15 is 0 Å². The van der Waals surface area contributed by atoms with Crippen LogP contribution in [0, 0.1) is 17.8 Å². The lowest BCUT2D eigenvalue weighted by molar-refractivity contribution is 0.437. The van der Waals surface area contributed by atoms with Crippen molar-refractivity contribution in [1.29, 1.82) is 0 Å². The average molecular weight is 330 g/mol. The van der Waals surface area contributed by atoms with E-state index in [0.29, 0.717) is 17.8 Å². The molecule has 1 heteroatoms. The van der Waals surface area contributed by atoms with Gasteiger partial charge in [-0.25, -0.2) is 0 Å². The number of hydrogen-bond acceptors (Lipinski definition) is 1. The fourth-order valence-corrected chi connectivity index (χ4v) is 3.98. The van der Waals surface area contributed by atoms with Crippen molar-refractivity contribution in [2.75, 3.05) is 20.6 Å². The van der Waals surface area contributed by atoms with Gasteiger partial charge in [-0.05, 0) is 69.2 Å². The lowest BCUT2D eigenvalue weighted by Gasteiger charge is -2.30. The maximum absolute atomic E-state index is 4.21. The second-order valence-corrected chi connectivity index (χ2v) is 8.31. The van der Waals surface area contributed by atoms with E-state index in [4.69, 9.17) is 0 Å². The molecular formula is C23H39N. The van der Waals surface area contributed by atoms with E-state index in [1.165, 1.54) is 23.1 Å². The van der Waals surface area contributed by atoms with Gasteiger partial charge in [-0.15, -0.1) is 0 Å². The number of nitrogens with zero attached hydrogens (tertiary/aromatic N) is 1. The fraction of sp³-hybridized carbons (Fsp3) is 0.652. The highest BCUT2D eigenvalue weighted by Crippen LogP contribution is 2.36.